The van der Waals surface area contributed by atoms with Gasteiger partial charge in [-0.2, -0.15) is 0 Å². The lowest BCUT2D eigenvalue weighted by Gasteiger charge is -2.25. The van der Waals surface area contributed by atoms with Crippen molar-refractivity contribution in [1.29, 1.82) is 0 Å². The van der Waals surface area contributed by atoms with Crippen molar-refractivity contribution in [2.45, 2.75) is 6.04 Å². The number of ketones is 1. The number of non-ortho nitro benzene ring substituents is 1. The van der Waals surface area contributed by atoms with E-state index in [9.17, 15) is 29.2 Å². The van der Waals surface area contributed by atoms with Crippen LogP contribution in [0.4, 0.5) is 15.8 Å². The molecule has 4 rings (SSSR count). The predicted molar refractivity (Wildman–Crippen MR) is 111 cm³/mol. The minimum Gasteiger partial charge on any atom is -0.507 e. The minimum atomic E-state index is -1.09. The van der Waals surface area contributed by atoms with Crippen molar-refractivity contribution >= 4 is 28.8 Å². The number of Topliss-reactive ketones (excluding diaryl/α,β-unsaturated/α-hetero) is 1. The van der Waals surface area contributed by atoms with Gasteiger partial charge < -0.3 is 5.11 Å². The average molecular weight is 418 g/mol. The lowest BCUT2D eigenvalue weighted by atomic mass is 9.95. The van der Waals surface area contributed by atoms with Crippen molar-refractivity contribution in [3.8, 4) is 0 Å². The fraction of sp³-hybridized carbons (Fsp3) is 0.0435. The molecule has 31 heavy (non-hydrogen) atoms. The van der Waals surface area contributed by atoms with Crippen molar-refractivity contribution < 1.29 is 24.0 Å². The van der Waals surface area contributed by atoms with Crippen LogP contribution in [0.3, 0.4) is 0 Å². The topological polar surface area (TPSA) is 101 Å². The third-order valence-corrected chi connectivity index (χ3v) is 5.00. The Bertz CT molecular complexity index is 1220. The van der Waals surface area contributed by atoms with Crippen LogP contribution in [0.5, 0.6) is 0 Å². The van der Waals surface area contributed by atoms with Gasteiger partial charge in [0.25, 0.3) is 17.4 Å². The summed E-state index contributed by atoms with van der Waals surface area (Å²) in [6.45, 7) is 0. The summed E-state index contributed by atoms with van der Waals surface area (Å²) in [7, 11) is 0. The van der Waals surface area contributed by atoms with E-state index in [1.165, 1.54) is 48.5 Å². The Morgan fingerprint density at radius 2 is 1.65 bits per heavy atom. The van der Waals surface area contributed by atoms with Gasteiger partial charge in [-0.05, 0) is 23.8 Å². The summed E-state index contributed by atoms with van der Waals surface area (Å²) in [5.41, 5.74) is 0.351. The molecule has 1 unspecified atom stereocenters. The number of nitrogens with zero attached hydrogens (tertiary/aromatic N) is 2. The van der Waals surface area contributed by atoms with Crippen LogP contribution in [-0.2, 0) is 9.59 Å². The SMILES string of the molecule is O=C1C(=O)N(c2cccc([N+](=O)[O-])c2)C(c2ccc(F)cc2)/C1=C(\O)c1ccccc1. The molecule has 1 N–H and O–H groups in total. The van der Waals surface area contributed by atoms with E-state index in [1.54, 1.807) is 30.3 Å². The van der Waals surface area contributed by atoms with E-state index >= 15 is 0 Å². The van der Waals surface area contributed by atoms with Crippen LogP contribution in [0.15, 0.2) is 84.4 Å². The zero-order chi connectivity index (χ0) is 22.1. The normalized spacial score (nSPS) is 17.7. The standard InChI is InChI=1S/C23H15FN2O5/c24-16-11-9-14(10-12-16)20-19(21(27)15-5-2-1-3-6-15)22(28)23(29)25(20)17-7-4-8-18(13-17)26(30)31/h1-13,20,27H/b21-19+. The number of nitro groups is 1. The van der Waals surface area contributed by atoms with E-state index in [-0.39, 0.29) is 22.7 Å². The van der Waals surface area contributed by atoms with Crippen LogP contribution in [0.25, 0.3) is 5.76 Å². The van der Waals surface area contributed by atoms with Gasteiger partial charge in [-0.15, -0.1) is 0 Å². The molecule has 1 aliphatic heterocycles. The lowest BCUT2D eigenvalue weighted by molar-refractivity contribution is -0.384. The van der Waals surface area contributed by atoms with Crippen LogP contribution in [-0.4, -0.2) is 21.7 Å². The van der Waals surface area contributed by atoms with Gasteiger partial charge in [0.1, 0.15) is 11.6 Å². The molecule has 3 aromatic rings. The van der Waals surface area contributed by atoms with Gasteiger partial charge in [-0.25, -0.2) is 4.39 Å². The molecular weight excluding hydrogens is 403 g/mol. The second kappa shape index (κ2) is 7.83. The molecule has 0 saturated carbocycles. The molecule has 0 bridgehead atoms. The van der Waals surface area contributed by atoms with E-state index in [0.29, 0.717) is 11.1 Å². The van der Waals surface area contributed by atoms with Gasteiger partial charge in [0, 0.05) is 17.7 Å². The quantitative estimate of drug-likeness (QED) is 0.223. The van der Waals surface area contributed by atoms with E-state index in [0.717, 1.165) is 4.90 Å². The summed E-state index contributed by atoms with van der Waals surface area (Å²) >= 11 is 0. The Morgan fingerprint density at radius 3 is 2.29 bits per heavy atom. The molecule has 3 aromatic carbocycles. The smallest absolute Gasteiger partial charge is 0.300 e. The molecule has 1 atom stereocenters. The number of carbonyl (C=O) groups is 2. The first-order valence-electron chi connectivity index (χ1n) is 9.25. The van der Waals surface area contributed by atoms with E-state index < -0.39 is 28.5 Å². The number of nitro benzene ring substituents is 1. The summed E-state index contributed by atoms with van der Waals surface area (Å²) < 4.78 is 13.5. The molecule has 0 aromatic heterocycles. The third-order valence-electron chi connectivity index (χ3n) is 5.00. The number of amides is 1. The van der Waals surface area contributed by atoms with Crippen molar-refractivity contribution in [1.82, 2.24) is 0 Å². The van der Waals surface area contributed by atoms with Crippen LogP contribution >= 0.6 is 0 Å². The Morgan fingerprint density at radius 1 is 0.968 bits per heavy atom. The molecule has 1 saturated heterocycles. The molecule has 0 spiro atoms. The van der Waals surface area contributed by atoms with Crippen LogP contribution in [0.1, 0.15) is 17.2 Å². The van der Waals surface area contributed by atoms with Gasteiger partial charge in [-0.3, -0.25) is 24.6 Å². The molecule has 154 valence electrons. The zero-order valence-corrected chi connectivity index (χ0v) is 15.9. The molecular formula is C23H15FN2O5. The minimum absolute atomic E-state index is 0.109. The number of anilines is 1. The maximum atomic E-state index is 13.5. The number of benzene rings is 3. The molecule has 1 amide bonds. The molecule has 0 aliphatic carbocycles. The highest BCUT2D eigenvalue weighted by molar-refractivity contribution is 6.51. The number of halogens is 1. The highest BCUT2D eigenvalue weighted by atomic mass is 19.1. The highest BCUT2D eigenvalue weighted by Crippen LogP contribution is 2.42. The van der Waals surface area contributed by atoms with E-state index in [4.69, 9.17) is 0 Å². The number of aliphatic hydroxyl groups is 1. The van der Waals surface area contributed by atoms with Gasteiger partial charge in [0.2, 0.25) is 0 Å². The van der Waals surface area contributed by atoms with E-state index in [2.05, 4.69) is 0 Å². The fourth-order valence-electron chi connectivity index (χ4n) is 3.57. The highest BCUT2D eigenvalue weighted by Gasteiger charge is 2.47. The number of rotatable bonds is 4. The molecule has 1 heterocycles. The second-order valence-electron chi connectivity index (χ2n) is 6.86. The fourth-order valence-corrected chi connectivity index (χ4v) is 3.57. The van der Waals surface area contributed by atoms with Crippen LogP contribution in [0.2, 0.25) is 0 Å². The molecule has 7 nitrogen and oxygen atoms in total. The maximum Gasteiger partial charge on any atom is 0.300 e. The number of hydrogen-bond donors (Lipinski definition) is 1. The third kappa shape index (κ3) is 3.55. The van der Waals surface area contributed by atoms with Gasteiger partial charge in [0.05, 0.1) is 22.2 Å². The van der Waals surface area contributed by atoms with Crippen LogP contribution < -0.4 is 4.90 Å². The number of aliphatic hydroxyl groups excluding tert-OH is 1. The summed E-state index contributed by atoms with van der Waals surface area (Å²) in [6.07, 6.45) is 0. The number of hydrogen-bond acceptors (Lipinski definition) is 5. The monoisotopic (exact) mass is 418 g/mol. The maximum absolute atomic E-state index is 13.5. The lowest BCUT2D eigenvalue weighted by Crippen LogP contribution is -2.29. The van der Waals surface area contributed by atoms with Crippen molar-refractivity contribution in [3.63, 3.8) is 0 Å². The summed E-state index contributed by atoms with van der Waals surface area (Å²) in [4.78, 5) is 37.6. The van der Waals surface area contributed by atoms with Crippen molar-refractivity contribution in [2.75, 3.05) is 4.90 Å². The summed E-state index contributed by atoms with van der Waals surface area (Å²) in [5, 5.41) is 22.1. The summed E-state index contributed by atoms with van der Waals surface area (Å²) in [6, 6.07) is 17.6. The largest absolute Gasteiger partial charge is 0.507 e. The first kappa shape index (κ1) is 20.0. The Kier molecular flexibility index (Phi) is 5.04. The number of carbonyl (C=O) groups excluding carboxylic acids is 2. The predicted octanol–water partition coefficient (Wildman–Crippen LogP) is 4.36. The Balaban J connectivity index is 1.95. The Labute approximate surface area is 175 Å². The van der Waals surface area contributed by atoms with Gasteiger partial charge >= 0.3 is 0 Å². The molecule has 1 fully saturated rings. The first-order chi connectivity index (χ1) is 14.9. The average Bonchev–Trinajstić information content (AvgIpc) is 3.05. The Hall–Kier alpha value is -4.33. The van der Waals surface area contributed by atoms with Gasteiger partial charge in [-0.1, -0.05) is 48.5 Å². The second-order valence-corrected chi connectivity index (χ2v) is 6.86. The van der Waals surface area contributed by atoms with Crippen molar-refractivity contribution in [3.05, 3.63) is 111 Å². The first-order valence-corrected chi connectivity index (χ1v) is 9.25. The zero-order valence-electron chi connectivity index (χ0n) is 15.9. The van der Waals surface area contributed by atoms with Crippen LogP contribution in [0, 0.1) is 15.9 Å². The van der Waals surface area contributed by atoms with Crippen molar-refractivity contribution in [2.24, 2.45) is 0 Å². The summed E-state index contributed by atoms with van der Waals surface area (Å²) in [5.74, 6) is -2.80. The molecule has 0 radical (unpaired) electrons. The molecule has 1 aliphatic rings. The van der Waals surface area contributed by atoms with Gasteiger partial charge in [0.15, 0.2) is 0 Å². The van der Waals surface area contributed by atoms with E-state index in [1.807, 2.05) is 0 Å². The molecule has 8 heteroatoms.